The Bertz CT molecular complexity index is 386. The molecule has 1 aliphatic rings. The van der Waals surface area contributed by atoms with Gasteiger partial charge in [-0.05, 0) is 13.3 Å². The minimum absolute atomic E-state index is 0.0943. The van der Waals surface area contributed by atoms with Gasteiger partial charge < -0.3 is 10.5 Å². The monoisotopic (exact) mass is 254 g/mol. The summed E-state index contributed by atoms with van der Waals surface area (Å²) in [6.07, 6.45) is 1.04. The van der Waals surface area contributed by atoms with Crippen LogP contribution in [0.25, 0.3) is 0 Å². The van der Waals surface area contributed by atoms with Crippen LogP contribution in [0.3, 0.4) is 0 Å². The lowest BCUT2D eigenvalue weighted by Crippen LogP contribution is -2.41. The summed E-state index contributed by atoms with van der Waals surface area (Å²) in [6, 6.07) is 0. The SMILES string of the molecule is CC(C)(C)c1csc(C(C)(N)C2CCOC2)n1. The van der Waals surface area contributed by atoms with Gasteiger partial charge in [0, 0.05) is 23.3 Å². The summed E-state index contributed by atoms with van der Waals surface area (Å²) in [5.74, 6) is 0.390. The Labute approximate surface area is 107 Å². The van der Waals surface area contributed by atoms with Crippen LogP contribution in [-0.2, 0) is 15.7 Å². The maximum Gasteiger partial charge on any atom is 0.113 e. The van der Waals surface area contributed by atoms with Gasteiger partial charge in [0.1, 0.15) is 5.01 Å². The van der Waals surface area contributed by atoms with Gasteiger partial charge in [0.2, 0.25) is 0 Å². The van der Waals surface area contributed by atoms with Crippen LogP contribution in [0.15, 0.2) is 5.38 Å². The van der Waals surface area contributed by atoms with Crippen LogP contribution in [0.2, 0.25) is 0 Å². The third kappa shape index (κ3) is 2.54. The first-order chi connectivity index (χ1) is 7.82. The van der Waals surface area contributed by atoms with E-state index in [0.29, 0.717) is 5.92 Å². The number of rotatable bonds is 2. The summed E-state index contributed by atoms with van der Waals surface area (Å²) in [7, 11) is 0. The highest BCUT2D eigenvalue weighted by Gasteiger charge is 2.37. The predicted molar refractivity (Wildman–Crippen MR) is 71.3 cm³/mol. The molecule has 0 spiro atoms. The number of aromatic nitrogens is 1. The third-order valence-electron chi connectivity index (χ3n) is 3.51. The van der Waals surface area contributed by atoms with E-state index in [9.17, 15) is 0 Å². The van der Waals surface area contributed by atoms with Crippen molar-refractivity contribution in [1.82, 2.24) is 4.98 Å². The Balaban J connectivity index is 2.24. The first-order valence-corrected chi connectivity index (χ1v) is 7.03. The van der Waals surface area contributed by atoms with Crippen molar-refractivity contribution >= 4 is 11.3 Å². The fourth-order valence-corrected chi connectivity index (χ4v) is 3.25. The molecule has 0 saturated carbocycles. The van der Waals surface area contributed by atoms with Crippen molar-refractivity contribution in [1.29, 1.82) is 0 Å². The fourth-order valence-electron chi connectivity index (χ4n) is 2.05. The first-order valence-electron chi connectivity index (χ1n) is 6.15. The molecule has 0 aliphatic carbocycles. The summed E-state index contributed by atoms with van der Waals surface area (Å²) in [5, 5.41) is 3.17. The zero-order chi connectivity index (χ0) is 12.7. The second-order valence-corrected chi connectivity index (χ2v) is 6.99. The van der Waals surface area contributed by atoms with E-state index in [1.807, 2.05) is 0 Å². The van der Waals surface area contributed by atoms with E-state index in [-0.39, 0.29) is 11.0 Å². The molecular weight excluding hydrogens is 232 g/mol. The molecule has 0 radical (unpaired) electrons. The topological polar surface area (TPSA) is 48.1 Å². The molecule has 1 aromatic rings. The molecule has 1 aliphatic heterocycles. The molecule has 2 heterocycles. The zero-order valence-electron chi connectivity index (χ0n) is 11.1. The lowest BCUT2D eigenvalue weighted by molar-refractivity contribution is 0.166. The molecule has 1 aromatic heterocycles. The molecular formula is C13H22N2OS. The van der Waals surface area contributed by atoms with Gasteiger partial charge >= 0.3 is 0 Å². The van der Waals surface area contributed by atoms with Crippen LogP contribution < -0.4 is 5.73 Å². The molecule has 1 fully saturated rings. The average molecular weight is 254 g/mol. The van der Waals surface area contributed by atoms with Crippen LogP contribution in [-0.4, -0.2) is 18.2 Å². The Morgan fingerprint density at radius 1 is 1.41 bits per heavy atom. The number of hydrogen-bond donors (Lipinski definition) is 1. The summed E-state index contributed by atoms with van der Waals surface area (Å²) in [5.41, 5.74) is 7.34. The highest BCUT2D eigenvalue weighted by Crippen LogP contribution is 2.35. The van der Waals surface area contributed by atoms with Gasteiger partial charge in [-0.25, -0.2) is 4.98 Å². The quantitative estimate of drug-likeness (QED) is 0.882. The highest BCUT2D eigenvalue weighted by atomic mass is 32.1. The largest absolute Gasteiger partial charge is 0.381 e. The average Bonchev–Trinajstić information content (AvgIpc) is 2.89. The van der Waals surface area contributed by atoms with Crippen molar-refractivity contribution in [3.05, 3.63) is 16.1 Å². The maximum absolute atomic E-state index is 6.47. The van der Waals surface area contributed by atoms with E-state index in [2.05, 4.69) is 33.1 Å². The van der Waals surface area contributed by atoms with Crippen LogP contribution in [0.1, 0.15) is 44.8 Å². The van der Waals surface area contributed by atoms with Gasteiger partial charge in [0.25, 0.3) is 0 Å². The summed E-state index contributed by atoms with van der Waals surface area (Å²) in [4.78, 5) is 4.74. The van der Waals surface area contributed by atoms with E-state index in [1.54, 1.807) is 11.3 Å². The first kappa shape index (κ1) is 13.0. The summed E-state index contributed by atoms with van der Waals surface area (Å²) < 4.78 is 5.44. The molecule has 2 N–H and O–H groups in total. The van der Waals surface area contributed by atoms with Crippen molar-refractivity contribution in [3.8, 4) is 0 Å². The minimum atomic E-state index is -0.356. The van der Waals surface area contributed by atoms with Gasteiger partial charge in [0.05, 0.1) is 17.8 Å². The second-order valence-electron chi connectivity index (χ2n) is 6.13. The van der Waals surface area contributed by atoms with Crippen LogP contribution >= 0.6 is 11.3 Å². The number of thiazole rings is 1. The number of nitrogens with two attached hydrogens (primary N) is 1. The molecule has 3 nitrogen and oxygen atoms in total. The highest BCUT2D eigenvalue weighted by molar-refractivity contribution is 7.09. The third-order valence-corrected chi connectivity index (χ3v) is 4.61. The number of nitrogens with zero attached hydrogens (tertiary/aromatic N) is 1. The van der Waals surface area contributed by atoms with Crippen molar-refractivity contribution in [2.45, 2.75) is 45.1 Å². The van der Waals surface area contributed by atoms with E-state index >= 15 is 0 Å². The van der Waals surface area contributed by atoms with Crippen LogP contribution in [0, 0.1) is 5.92 Å². The Morgan fingerprint density at radius 3 is 2.59 bits per heavy atom. The van der Waals surface area contributed by atoms with Crippen molar-refractivity contribution < 1.29 is 4.74 Å². The molecule has 2 unspecified atom stereocenters. The fraction of sp³-hybridized carbons (Fsp3) is 0.769. The molecule has 0 bridgehead atoms. The Morgan fingerprint density at radius 2 is 2.12 bits per heavy atom. The van der Waals surface area contributed by atoms with Gasteiger partial charge in [-0.1, -0.05) is 20.8 Å². The maximum atomic E-state index is 6.47. The lowest BCUT2D eigenvalue weighted by atomic mass is 9.86. The minimum Gasteiger partial charge on any atom is -0.381 e. The molecule has 2 rings (SSSR count). The van der Waals surface area contributed by atoms with Gasteiger partial charge in [-0.2, -0.15) is 0 Å². The number of ether oxygens (including phenoxy) is 1. The van der Waals surface area contributed by atoms with Crippen molar-refractivity contribution in [3.63, 3.8) is 0 Å². The molecule has 96 valence electrons. The molecule has 1 saturated heterocycles. The smallest absolute Gasteiger partial charge is 0.113 e. The van der Waals surface area contributed by atoms with E-state index in [0.717, 1.165) is 30.3 Å². The van der Waals surface area contributed by atoms with E-state index in [4.69, 9.17) is 15.5 Å². The van der Waals surface area contributed by atoms with Gasteiger partial charge in [0.15, 0.2) is 0 Å². The predicted octanol–water partition coefficient (Wildman–Crippen LogP) is 2.65. The summed E-state index contributed by atoms with van der Waals surface area (Å²) >= 11 is 1.68. The Kier molecular flexibility index (Phi) is 3.31. The normalized spacial score (nSPS) is 24.9. The number of hydrogen-bond acceptors (Lipinski definition) is 4. The summed E-state index contributed by atoms with van der Waals surface area (Å²) in [6.45, 7) is 10.2. The molecule has 17 heavy (non-hydrogen) atoms. The molecule has 2 atom stereocenters. The van der Waals surface area contributed by atoms with Gasteiger partial charge in [-0.15, -0.1) is 11.3 Å². The lowest BCUT2D eigenvalue weighted by Gasteiger charge is -2.28. The zero-order valence-corrected chi connectivity index (χ0v) is 11.9. The Hall–Kier alpha value is -0.450. The van der Waals surface area contributed by atoms with E-state index in [1.165, 1.54) is 0 Å². The van der Waals surface area contributed by atoms with Crippen molar-refractivity contribution in [2.75, 3.05) is 13.2 Å². The van der Waals surface area contributed by atoms with Gasteiger partial charge in [-0.3, -0.25) is 0 Å². The molecule has 0 amide bonds. The van der Waals surface area contributed by atoms with Crippen LogP contribution in [0.5, 0.6) is 0 Å². The van der Waals surface area contributed by atoms with Crippen molar-refractivity contribution in [2.24, 2.45) is 11.7 Å². The molecule has 4 heteroatoms. The van der Waals surface area contributed by atoms with E-state index < -0.39 is 0 Å². The second kappa shape index (κ2) is 4.34. The standard InChI is InChI=1S/C13H22N2OS/c1-12(2,3)10-8-17-11(15-10)13(4,14)9-5-6-16-7-9/h8-9H,5-7,14H2,1-4H3. The molecule has 0 aromatic carbocycles. The van der Waals surface area contributed by atoms with Crippen LogP contribution in [0.4, 0.5) is 0 Å².